The molecule has 1 N–H and O–H groups in total. The Morgan fingerprint density at radius 3 is 2.73 bits per heavy atom. The second-order valence-corrected chi connectivity index (χ2v) is 8.84. The molecule has 0 fully saturated rings. The Kier molecular flexibility index (Phi) is 7.18. The van der Waals surface area contributed by atoms with E-state index < -0.39 is 5.25 Å². The van der Waals surface area contributed by atoms with E-state index in [9.17, 15) is 9.59 Å². The van der Waals surface area contributed by atoms with Crippen LogP contribution in [0.5, 0.6) is 0 Å². The maximum atomic E-state index is 13.1. The van der Waals surface area contributed by atoms with Crippen LogP contribution in [-0.4, -0.2) is 34.4 Å². The van der Waals surface area contributed by atoms with E-state index in [0.717, 1.165) is 5.56 Å². The Hall–Kier alpha value is -2.35. The lowest BCUT2D eigenvalue weighted by atomic mass is 10.2. The summed E-state index contributed by atoms with van der Waals surface area (Å²) < 4.78 is 6.84. The molecule has 8 heteroatoms. The van der Waals surface area contributed by atoms with Gasteiger partial charge in [0.25, 0.3) is 5.56 Å². The number of rotatable bonds is 7. The van der Waals surface area contributed by atoms with Gasteiger partial charge < -0.3 is 10.1 Å². The van der Waals surface area contributed by atoms with Crippen molar-refractivity contribution in [3.05, 3.63) is 63.4 Å². The molecule has 0 saturated heterocycles. The monoisotopic (exact) mass is 445 g/mol. The van der Waals surface area contributed by atoms with Crippen LogP contribution in [-0.2, 0) is 9.53 Å². The molecule has 0 aliphatic carbocycles. The number of para-hydroxylation sites is 1. The summed E-state index contributed by atoms with van der Waals surface area (Å²) >= 11 is 7.43. The van der Waals surface area contributed by atoms with Crippen LogP contribution in [0.1, 0.15) is 25.5 Å². The van der Waals surface area contributed by atoms with E-state index in [-0.39, 0.29) is 17.5 Å². The van der Waals surface area contributed by atoms with Gasteiger partial charge in [-0.15, -0.1) is 0 Å². The maximum absolute atomic E-state index is 13.1. The number of methoxy groups -OCH3 is 1. The van der Waals surface area contributed by atoms with Crippen LogP contribution >= 0.6 is 23.4 Å². The number of aromatic nitrogens is 2. The molecule has 0 radical (unpaired) electrons. The number of benzene rings is 2. The predicted molar refractivity (Wildman–Crippen MR) is 123 cm³/mol. The van der Waals surface area contributed by atoms with Gasteiger partial charge >= 0.3 is 0 Å². The summed E-state index contributed by atoms with van der Waals surface area (Å²) in [6.45, 7) is 5.95. The number of fused-ring (bicyclic) bond motifs is 1. The summed E-state index contributed by atoms with van der Waals surface area (Å²) in [6.07, 6.45) is 0. The van der Waals surface area contributed by atoms with Crippen molar-refractivity contribution in [2.75, 3.05) is 19.0 Å². The average molecular weight is 446 g/mol. The molecule has 2 atom stereocenters. The van der Waals surface area contributed by atoms with Crippen molar-refractivity contribution in [2.24, 2.45) is 0 Å². The number of anilines is 1. The van der Waals surface area contributed by atoms with E-state index in [4.69, 9.17) is 16.3 Å². The van der Waals surface area contributed by atoms with Gasteiger partial charge in [-0.3, -0.25) is 14.2 Å². The highest BCUT2D eigenvalue weighted by atomic mass is 35.5. The predicted octanol–water partition coefficient (Wildman–Crippen LogP) is 4.69. The fourth-order valence-electron chi connectivity index (χ4n) is 3.09. The summed E-state index contributed by atoms with van der Waals surface area (Å²) in [5.41, 5.74) is 2.00. The Morgan fingerprint density at radius 2 is 2.00 bits per heavy atom. The van der Waals surface area contributed by atoms with E-state index in [2.05, 4.69) is 10.3 Å². The molecular formula is C22H24ClN3O3S. The van der Waals surface area contributed by atoms with Crippen LogP contribution in [0, 0.1) is 6.92 Å². The zero-order chi connectivity index (χ0) is 21.8. The van der Waals surface area contributed by atoms with Gasteiger partial charge in [0.2, 0.25) is 5.91 Å². The summed E-state index contributed by atoms with van der Waals surface area (Å²) in [7, 11) is 1.59. The van der Waals surface area contributed by atoms with E-state index in [0.29, 0.717) is 33.4 Å². The minimum absolute atomic E-state index is 0.151. The molecule has 3 rings (SSSR count). The smallest absolute Gasteiger partial charge is 0.262 e. The lowest BCUT2D eigenvalue weighted by Crippen LogP contribution is -2.30. The quantitative estimate of drug-likeness (QED) is 0.422. The van der Waals surface area contributed by atoms with E-state index in [1.54, 1.807) is 36.8 Å². The number of ether oxygens (including phenoxy) is 1. The number of halogens is 1. The number of carbonyl (C=O) groups is 1. The third-order valence-electron chi connectivity index (χ3n) is 4.66. The first-order valence-corrected chi connectivity index (χ1v) is 10.8. The second kappa shape index (κ2) is 9.64. The molecule has 0 aliphatic heterocycles. The van der Waals surface area contributed by atoms with Crippen LogP contribution in [0.3, 0.4) is 0 Å². The van der Waals surface area contributed by atoms with Crippen molar-refractivity contribution in [3.8, 4) is 0 Å². The fraction of sp³-hybridized carbons (Fsp3) is 0.318. The number of hydrogen-bond acceptors (Lipinski definition) is 5. The summed E-state index contributed by atoms with van der Waals surface area (Å²) in [6, 6.07) is 12.4. The zero-order valence-corrected chi connectivity index (χ0v) is 18.9. The number of nitrogens with one attached hydrogen (secondary N) is 1. The van der Waals surface area contributed by atoms with Crippen molar-refractivity contribution < 1.29 is 9.53 Å². The molecule has 0 saturated carbocycles. The molecule has 1 aromatic heterocycles. The Labute approximate surface area is 184 Å². The molecule has 6 nitrogen and oxygen atoms in total. The second-order valence-electron chi connectivity index (χ2n) is 7.12. The van der Waals surface area contributed by atoms with Gasteiger partial charge in [-0.05, 0) is 50.6 Å². The van der Waals surface area contributed by atoms with Gasteiger partial charge in [-0.2, -0.15) is 0 Å². The highest BCUT2D eigenvalue weighted by Crippen LogP contribution is 2.28. The summed E-state index contributed by atoms with van der Waals surface area (Å²) in [4.78, 5) is 30.6. The van der Waals surface area contributed by atoms with Gasteiger partial charge in [-0.1, -0.05) is 41.6 Å². The third-order valence-corrected chi connectivity index (χ3v) is 6.05. The van der Waals surface area contributed by atoms with E-state index in [1.165, 1.54) is 11.8 Å². The average Bonchev–Trinajstić information content (AvgIpc) is 2.71. The van der Waals surface area contributed by atoms with Gasteiger partial charge in [0.05, 0.1) is 39.5 Å². The van der Waals surface area contributed by atoms with Crippen molar-refractivity contribution in [1.82, 2.24) is 9.55 Å². The Bertz CT molecular complexity index is 1130. The normalized spacial score (nSPS) is 13.2. The first kappa shape index (κ1) is 22.3. The topological polar surface area (TPSA) is 73.2 Å². The van der Waals surface area contributed by atoms with Crippen LogP contribution in [0.15, 0.2) is 52.4 Å². The molecule has 2 unspecified atom stereocenters. The third kappa shape index (κ3) is 4.86. The molecule has 0 bridgehead atoms. The zero-order valence-electron chi connectivity index (χ0n) is 17.3. The number of hydrogen-bond donors (Lipinski definition) is 1. The van der Waals surface area contributed by atoms with E-state index >= 15 is 0 Å². The van der Waals surface area contributed by atoms with E-state index in [1.807, 2.05) is 38.1 Å². The maximum Gasteiger partial charge on any atom is 0.262 e. The van der Waals surface area contributed by atoms with Gasteiger partial charge in [-0.25, -0.2) is 4.98 Å². The molecule has 0 aliphatic rings. The molecule has 1 heterocycles. The van der Waals surface area contributed by atoms with Crippen molar-refractivity contribution in [3.63, 3.8) is 0 Å². The number of nitrogens with zero attached hydrogens (tertiary/aromatic N) is 2. The summed E-state index contributed by atoms with van der Waals surface area (Å²) in [5.74, 6) is -0.221. The molecule has 1 amide bonds. The number of aryl methyl sites for hydroxylation is 1. The van der Waals surface area contributed by atoms with Crippen molar-refractivity contribution in [1.29, 1.82) is 0 Å². The molecule has 0 spiro atoms. The highest BCUT2D eigenvalue weighted by molar-refractivity contribution is 8.00. The van der Waals surface area contributed by atoms with Crippen LogP contribution in [0.4, 0.5) is 5.69 Å². The highest BCUT2D eigenvalue weighted by Gasteiger charge is 2.22. The lowest BCUT2D eigenvalue weighted by Gasteiger charge is -2.20. The van der Waals surface area contributed by atoms with Gasteiger partial charge in [0.15, 0.2) is 5.16 Å². The lowest BCUT2D eigenvalue weighted by molar-refractivity contribution is -0.115. The van der Waals surface area contributed by atoms with Crippen molar-refractivity contribution >= 4 is 45.9 Å². The van der Waals surface area contributed by atoms with Crippen LogP contribution in [0.25, 0.3) is 10.9 Å². The minimum Gasteiger partial charge on any atom is -0.383 e. The summed E-state index contributed by atoms with van der Waals surface area (Å²) in [5, 5.41) is 3.84. The number of amides is 1. The largest absolute Gasteiger partial charge is 0.383 e. The molecule has 158 valence electrons. The van der Waals surface area contributed by atoms with Crippen molar-refractivity contribution in [2.45, 2.75) is 37.2 Å². The fourth-order valence-corrected chi connectivity index (χ4v) is 4.27. The van der Waals surface area contributed by atoms with Gasteiger partial charge in [0, 0.05) is 7.11 Å². The first-order chi connectivity index (χ1) is 14.3. The standard InChI is InChI=1S/C22H24ClN3O3S/c1-13-9-10-17(23)19(11-13)24-20(27)15(3)30-22-25-18-8-6-5-7-16(18)21(28)26(22)14(2)12-29-4/h5-11,14-15H,12H2,1-4H3,(H,24,27). The van der Waals surface area contributed by atoms with Crippen LogP contribution in [0.2, 0.25) is 5.02 Å². The SMILES string of the molecule is COCC(C)n1c(SC(C)C(=O)Nc2cc(C)ccc2Cl)nc2ccccc2c1=O. The molecule has 30 heavy (non-hydrogen) atoms. The molecule has 2 aromatic carbocycles. The Balaban J connectivity index is 1.93. The number of carbonyl (C=O) groups excluding carboxylic acids is 1. The number of thioether (sulfide) groups is 1. The van der Waals surface area contributed by atoms with Gasteiger partial charge in [0.1, 0.15) is 0 Å². The first-order valence-electron chi connectivity index (χ1n) is 9.55. The minimum atomic E-state index is -0.504. The van der Waals surface area contributed by atoms with Crippen LogP contribution < -0.4 is 10.9 Å². The Morgan fingerprint density at radius 1 is 1.27 bits per heavy atom. The molecule has 3 aromatic rings. The molecular weight excluding hydrogens is 422 g/mol.